The van der Waals surface area contributed by atoms with Gasteiger partial charge in [0.05, 0.1) is 11.3 Å². The zero-order chi connectivity index (χ0) is 19.0. The van der Waals surface area contributed by atoms with Crippen LogP contribution in [-0.2, 0) is 19.5 Å². The summed E-state index contributed by atoms with van der Waals surface area (Å²) < 4.78 is 0. The Kier molecular flexibility index (Phi) is 4.21. The van der Waals surface area contributed by atoms with Crippen LogP contribution in [0, 0.1) is 0 Å². The number of phenols is 3. The summed E-state index contributed by atoms with van der Waals surface area (Å²) in [5.74, 6) is -0.171. The number of benzene rings is 1. The first-order valence-electron chi connectivity index (χ1n) is 8.35. The number of nitrogens with one attached hydrogen (secondary N) is 1. The third kappa shape index (κ3) is 3.32. The lowest BCUT2D eigenvalue weighted by Crippen LogP contribution is -2.35. The molecule has 0 spiro atoms. The number of rotatable bonds is 3. The third-order valence-corrected chi connectivity index (χ3v) is 4.56. The van der Waals surface area contributed by atoms with Crippen LogP contribution in [0.15, 0.2) is 35.6 Å². The van der Waals surface area contributed by atoms with Crippen molar-refractivity contribution in [2.45, 2.75) is 19.5 Å². The number of aromatic hydroxyl groups is 3. The molecule has 3 aromatic rings. The summed E-state index contributed by atoms with van der Waals surface area (Å²) in [4.78, 5) is 29.6. The minimum Gasteiger partial charge on any atom is -0.508 e. The summed E-state index contributed by atoms with van der Waals surface area (Å²) in [6.07, 6.45) is 5.05. The van der Waals surface area contributed by atoms with E-state index in [-0.39, 0.29) is 29.4 Å². The van der Waals surface area contributed by atoms with Gasteiger partial charge in [-0.15, -0.1) is 0 Å². The molecule has 9 heteroatoms. The molecular weight excluding hydrogens is 350 g/mol. The van der Waals surface area contributed by atoms with Crippen LogP contribution in [-0.4, -0.2) is 46.7 Å². The number of aromatic amines is 1. The first-order valence-corrected chi connectivity index (χ1v) is 8.35. The molecule has 27 heavy (non-hydrogen) atoms. The van der Waals surface area contributed by atoms with Gasteiger partial charge in [0.25, 0.3) is 5.56 Å². The molecular formula is C18H17N5O4. The topological polar surface area (TPSA) is 135 Å². The van der Waals surface area contributed by atoms with Crippen LogP contribution in [0.2, 0.25) is 0 Å². The maximum atomic E-state index is 12.4. The largest absolute Gasteiger partial charge is 0.508 e. The zero-order valence-electron chi connectivity index (χ0n) is 14.3. The summed E-state index contributed by atoms with van der Waals surface area (Å²) in [5.41, 5.74) is 2.02. The van der Waals surface area contributed by atoms with Gasteiger partial charge in [-0.25, -0.2) is 15.0 Å². The second-order valence-electron chi connectivity index (χ2n) is 6.39. The lowest BCUT2D eigenvalue weighted by Gasteiger charge is -2.28. The number of H-pyrrole nitrogens is 1. The van der Waals surface area contributed by atoms with Crippen LogP contribution < -0.4 is 5.56 Å². The minimum absolute atomic E-state index is 0.181. The molecule has 1 aliphatic rings. The summed E-state index contributed by atoms with van der Waals surface area (Å²) in [6, 6.07) is 2.37. The van der Waals surface area contributed by atoms with Gasteiger partial charge in [0.1, 0.15) is 29.4 Å². The van der Waals surface area contributed by atoms with Crippen molar-refractivity contribution in [1.82, 2.24) is 24.8 Å². The average molecular weight is 367 g/mol. The fourth-order valence-electron chi connectivity index (χ4n) is 3.20. The Hall–Kier alpha value is -3.46. The number of phenolic OH excluding ortho intramolecular Hbond substituents is 3. The van der Waals surface area contributed by atoms with Crippen LogP contribution >= 0.6 is 0 Å². The van der Waals surface area contributed by atoms with Crippen molar-refractivity contribution in [2.24, 2.45) is 0 Å². The minimum atomic E-state index is -0.208. The molecule has 4 rings (SSSR count). The molecule has 0 fully saturated rings. The van der Waals surface area contributed by atoms with Crippen molar-refractivity contribution in [3.63, 3.8) is 0 Å². The number of aromatic nitrogens is 4. The van der Waals surface area contributed by atoms with Crippen LogP contribution in [0.25, 0.3) is 11.4 Å². The van der Waals surface area contributed by atoms with Crippen molar-refractivity contribution >= 4 is 0 Å². The quantitative estimate of drug-likeness (QED) is 0.536. The van der Waals surface area contributed by atoms with Crippen LogP contribution in [0.1, 0.15) is 16.8 Å². The lowest BCUT2D eigenvalue weighted by atomic mass is 10.0. The number of hydrogen-bond acceptors (Lipinski definition) is 8. The maximum absolute atomic E-state index is 12.4. The summed E-state index contributed by atoms with van der Waals surface area (Å²) in [5, 5.41) is 29.4. The monoisotopic (exact) mass is 367 g/mol. The highest BCUT2D eigenvalue weighted by Crippen LogP contribution is 2.33. The van der Waals surface area contributed by atoms with E-state index >= 15 is 0 Å². The Labute approximate surface area is 153 Å². The number of nitrogens with zero attached hydrogens (tertiary/aromatic N) is 4. The Balaban J connectivity index is 1.63. The summed E-state index contributed by atoms with van der Waals surface area (Å²) in [7, 11) is 0. The molecule has 1 aromatic carbocycles. The molecule has 0 atom stereocenters. The van der Waals surface area contributed by atoms with Gasteiger partial charge in [-0.05, 0) is 6.42 Å². The number of fused-ring (bicyclic) bond motifs is 1. The highest BCUT2D eigenvalue weighted by molar-refractivity contribution is 5.52. The highest BCUT2D eigenvalue weighted by Gasteiger charge is 2.23. The fraction of sp³-hybridized carbons (Fsp3) is 0.222. The highest BCUT2D eigenvalue weighted by atomic mass is 16.3. The van der Waals surface area contributed by atoms with E-state index in [9.17, 15) is 20.1 Å². The Morgan fingerprint density at radius 2 is 1.81 bits per heavy atom. The molecule has 0 unspecified atom stereocenters. The van der Waals surface area contributed by atoms with E-state index in [0.29, 0.717) is 47.7 Å². The fourth-order valence-corrected chi connectivity index (χ4v) is 3.20. The van der Waals surface area contributed by atoms with Crippen molar-refractivity contribution in [3.05, 3.63) is 58.0 Å². The van der Waals surface area contributed by atoms with Crippen molar-refractivity contribution in [1.29, 1.82) is 0 Å². The molecule has 0 saturated heterocycles. The van der Waals surface area contributed by atoms with Gasteiger partial charge in [0.15, 0.2) is 0 Å². The first-order chi connectivity index (χ1) is 13.0. The Morgan fingerprint density at radius 1 is 1.11 bits per heavy atom. The molecule has 138 valence electrons. The van der Waals surface area contributed by atoms with Crippen molar-refractivity contribution < 1.29 is 15.3 Å². The lowest BCUT2D eigenvalue weighted by molar-refractivity contribution is 0.234. The van der Waals surface area contributed by atoms with E-state index in [1.807, 2.05) is 4.90 Å². The number of hydrogen-bond donors (Lipinski definition) is 4. The molecule has 0 bridgehead atoms. The first kappa shape index (κ1) is 17.0. The second kappa shape index (κ2) is 6.69. The van der Waals surface area contributed by atoms with Crippen LogP contribution in [0.4, 0.5) is 0 Å². The van der Waals surface area contributed by atoms with E-state index in [1.165, 1.54) is 18.5 Å². The van der Waals surface area contributed by atoms with Gasteiger partial charge in [0, 0.05) is 55.3 Å². The Bertz CT molecular complexity index is 1030. The molecule has 0 aliphatic carbocycles. The predicted octanol–water partition coefficient (Wildman–Crippen LogP) is 0.902. The van der Waals surface area contributed by atoms with E-state index in [4.69, 9.17) is 0 Å². The van der Waals surface area contributed by atoms with Crippen molar-refractivity contribution in [2.75, 3.05) is 6.54 Å². The SMILES string of the molecule is O=c1[nH]c(-c2cncnc2)nc2c1CCN(Cc1c(O)cc(O)cc1O)C2. The predicted molar refractivity (Wildman–Crippen MR) is 95.1 cm³/mol. The van der Waals surface area contributed by atoms with E-state index in [0.717, 1.165) is 0 Å². The summed E-state index contributed by atoms with van der Waals surface area (Å²) >= 11 is 0. The van der Waals surface area contributed by atoms with Crippen LogP contribution in [0.3, 0.4) is 0 Å². The zero-order valence-corrected chi connectivity index (χ0v) is 14.3. The van der Waals surface area contributed by atoms with E-state index < -0.39 is 0 Å². The molecule has 0 amide bonds. The molecule has 1 aliphatic heterocycles. The molecule has 4 N–H and O–H groups in total. The van der Waals surface area contributed by atoms with Crippen molar-refractivity contribution in [3.8, 4) is 28.6 Å². The van der Waals surface area contributed by atoms with Gasteiger partial charge in [-0.3, -0.25) is 9.69 Å². The molecule has 9 nitrogen and oxygen atoms in total. The second-order valence-corrected chi connectivity index (χ2v) is 6.39. The molecule has 3 heterocycles. The third-order valence-electron chi connectivity index (χ3n) is 4.56. The standard InChI is InChI=1S/C18H17N5O4/c24-11-3-15(25)13(16(26)4-11)7-23-2-1-12-14(8-23)21-17(22-18(12)27)10-5-19-9-20-6-10/h3-6,9,24-26H,1-2,7-8H2,(H,21,22,27). The normalized spacial score (nSPS) is 14.1. The van der Waals surface area contributed by atoms with Gasteiger partial charge in [0.2, 0.25) is 0 Å². The van der Waals surface area contributed by atoms with Gasteiger partial charge in [-0.1, -0.05) is 0 Å². The average Bonchev–Trinajstić information content (AvgIpc) is 2.65. The van der Waals surface area contributed by atoms with Gasteiger partial charge >= 0.3 is 0 Å². The van der Waals surface area contributed by atoms with Crippen LogP contribution in [0.5, 0.6) is 17.2 Å². The van der Waals surface area contributed by atoms with E-state index in [1.54, 1.807) is 12.4 Å². The molecule has 0 radical (unpaired) electrons. The Morgan fingerprint density at radius 3 is 2.52 bits per heavy atom. The molecule has 0 saturated carbocycles. The van der Waals surface area contributed by atoms with Gasteiger partial charge < -0.3 is 20.3 Å². The maximum Gasteiger partial charge on any atom is 0.254 e. The van der Waals surface area contributed by atoms with E-state index in [2.05, 4.69) is 19.9 Å². The smallest absolute Gasteiger partial charge is 0.254 e. The van der Waals surface area contributed by atoms with Gasteiger partial charge in [-0.2, -0.15) is 0 Å². The molecule has 2 aromatic heterocycles. The summed E-state index contributed by atoms with van der Waals surface area (Å²) in [6.45, 7) is 1.22.